The fourth-order valence-corrected chi connectivity index (χ4v) is 4.53. The van der Waals surface area contributed by atoms with Crippen molar-refractivity contribution in [1.29, 1.82) is 5.26 Å². The van der Waals surface area contributed by atoms with Crippen molar-refractivity contribution >= 4 is 66.8 Å². The summed E-state index contributed by atoms with van der Waals surface area (Å²) in [5.74, 6) is -0.0958. The van der Waals surface area contributed by atoms with Crippen LogP contribution < -0.4 is 10.1 Å². The van der Waals surface area contributed by atoms with E-state index in [9.17, 15) is 20.2 Å². The number of carbonyl (C=O) groups excluding carboxylic acids is 1. The highest BCUT2D eigenvalue weighted by atomic mass is 79.9. The van der Waals surface area contributed by atoms with Gasteiger partial charge in [0.2, 0.25) is 0 Å². The maximum Gasteiger partial charge on any atom is 0.269 e. The van der Waals surface area contributed by atoms with Gasteiger partial charge in [-0.15, -0.1) is 0 Å². The summed E-state index contributed by atoms with van der Waals surface area (Å²) in [6.07, 6.45) is 1.45. The summed E-state index contributed by atoms with van der Waals surface area (Å²) in [5.41, 5.74) is 2.45. The maximum absolute atomic E-state index is 12.6. The summed E-state index contributed by atoms with van der Waals surface area (Å²) in [7, 11) is 0. The van der Waals surface area contributed by atoms with Crippen LogP contribution in [0.1, 0.15) is 16.7 Å². The minimum absolute atomic E-state index is 0.0186. The molecule has 3 rings (SSSR count). The number of hydrogen-bond acceptors (Lipinski definition) is 5. The fraction of sp³-hybridized carbons (Fsp3) is 0.0833. The van der Waals surface area contributed by atoms with Gasteiger partial charge in [-0.1, -0.05) is 29.8 Å². The Labute approximate surface area is 217 Å². The zero-order valence-electron chi connectivity index (χ0n) is 17.6. The molecule has 10 heteroatoms. The zero-order chi connectivity index (χ0) is 24.8. The van der Waals surface area contributed by atoms with Crippen LogP contribution in [0.2, 0.25) is 5.02 Å². The molecule has 0 saturated heterocycles. The van der Waals surface area contributed by atoms with Crippen molar-refractivity contribution < 1.29 is 14.5 Å². The molecule has 1 amide bonds. The Kier molecular flexibility index (Phi) is 8.45. The number of nitro benzene ring substituents is 1. The Morgan fingerprint density at radius 1 is 1.21 bits per heavy atom. The van der Waals surface area contributed by atoms with Gasteiger partial charge in [-0.2, -0.15) is 5.26 Å². The van der Waals surface area contributed by atoms with Crippen molar-refractivity contribution in [1.82, 2.24) is 0 Å². The molecule has 0 atom stereocenters. The van der Waals surface area contributed by atoms with Crippen molar-refractivity contribution in [3.63, 3.8) is 0 Å². The van der Waals surface area contributed by atoms with Crippen LogP contribution in [-0.4, -0.2) is 10.8 Å². The molecule has 0 aliphatic heterocycles. The number of non-ortho nitro benzene ring substituents is 1. The standard InChI is InChI=1S/C24H16Br2ClN3O4/c1-14-5-6-18(11-22(14)27)29-24(31)17(12-28)7-16-9-20(25)23(21(26)10-16)34-13-15-3-2-4-19(8-15)30(32)33/h2-11H,13H2,1H3,(H,29,31)/b17-7-. The Morgan fingerprint density at radius 2 is 1.91 bits per heavy atom. The second-order valence-electron chi connectivity index (χ2n) is 7.12. The molecule has 0 bridgehead atoms. The number of hydrogen-bond donors (Lipinski definition) is 1. The number of ether oxygens (including phenoxy) is 1. The maximum atomic E-state index is 12.6. The molecule has 0 aromatic heterocycles. The summed E-state index contributed by atoms with van der Waals surface area (Å²) in [6, 6.07) is 16.6. The van der Waals surface area contributed by atoms with Crippen LogP contribution in [0.4, 0.5) is 11.4 Å². The Bertz CT molecular complexity index is 1330. The summed E-state index contributed by atoms with van der Waals surface area (Å²) < 4.78 is 6.97. The topological polar surface area (TPSA) is 105 Å². The van der Waals surface area contributed by atoms with Gasteiger partial charge >= 0.3 is 0 Å². The zero-order valence-corrected chi connectivity index (χ0v) is 21.6. The molecule has 0 radical (unpaired) electrons. The van der Waals surface area contributed by atoms with E-state index in [2.05, 4.69) is 37.2 Å². The third-order valence-corrected chi connectivity index (χ3v) is 6.22. The third-order valence-electron chi connectivity index (χ3n) is 4.63. The van der Waals surface area contributed by atoms with Crippen LogP contribution in [0.5, 0.6) is 5.75 Å². The smallest absolute Gasteiger partial charge is 0.269 e. The average molecular weight is 606 g/mol. The monoisotopic (exact) mass is 603 g/mol. The highest BCUT2D eigenvalue weighted by Gasteiger charge is 2.14. The molecule has 34 heavy (non-hydrogen) atoms. The first-order valence-corrected chi connectivity index (χ1v) is 11.7. The number of nitrogens with zero attached hydrogens (tertiary/aromatic N) is 2. The molecule has 172 valence electrons. The molecule has 1 N–H and O–H groups in total. The van der Waals surface area contributed by atoms with E-state index in [1.165, 1.54) is 18.2 Å². The van der Waals surface area contributed by atoms with Gasteiger partial charge in [0.25, 0.3) is 11.6 Å². The van der Waals surface area contributed by atoms with Crippen LogP contribution in [-0.2, 0) is 11.4 Å². The van der Waals surface area contributed by atoms with E-state index >= 15 is 0 Å². The van der Waals surface area contributed by atoms with E-state index in [1.807, 2.05) is 13.0 Å². The van der Waals surface area contributed by atoms with E-state index in [-0.39, 0.29) is 17.9 Å². The SMILES string of the molecule is Cc1ccc(NC(=O)/C(C#N)=C\c2cc(Br)c(OCc3cccc([N+](=O)[O-])c3)c(Br)c2)cc1Cl. The van der Waals surface area contributed by atoms with Gasteiger partial charge in [0.15, 0.2) is 0 Å². The lowest BCUT2D eigenvalue weighted by Gasteiger charge is -2.12. The minimum Gasteiger partial charge on any atom is -0.487 e. The molecule has 0 saturated carbocycles. The molecule has 3 aromatic rings. The van der Waals surface area contributed by atoms with Crippen LogP contribution in [0.15, 0.2) is 69.1 Å². The second kappa shape index (κ2) is 11.3. The minimum atomic E-state index is -0.569. The number of halogens is 3. The van der Waals surface area contributed by atoms with Crippen molar-refractivity contribution in [3.8, 4) is 11.8 Å². The number of aryl methyl sites for hydroxylation is 1. The molecule has 0 spiro atoms. The van der Waals surface area contributed by atoms with E-state index in [0.717, 1.165) is 5.56 Å². The van der Waals surface area contributed by atoms with E-state index in [0.29, 0.717) is 36.5 Å². The lowest BCUT2D eigenvalue weighted by atomic mass is 10.1. The van der Waals surface area contributed by atoms with Crippen molar-refractivity contribution in [2.75, 3.05) is 5.32 Å². The van der Waals surface area contributed by atoms with E-state index in [4.69, 9.17) is 16.3 Å². The first-order valence-electron chi connectivity index (χ1n) is 9.72. The van der Waals surface area contributed by atoms with Crippen LogP contribution in [0.3, 0.4) is 0 Å². The van der Waals surface area contributed by atoms with Gasteiger partial charge in [-0.05, 0) is 85.8 Å². The van der Waals surface area contributed by atoms with Gasteiger partial charge in [-0.25, -0.2) is 0 Å². The first kappa shape index (κ1) is 25.4. The predicted octanol–water partition coefficient (Wildman–Crippen LogP) is 7.21. The first-order chi connectivity index (χ1) is 16.2. The molecule has 3 aromatic carbocycles. The second-order valence-corrected chi connectivity index (χ2v) is 9.23. The number of carbonyl (C=O) groups is 1. The number of amides is 1. The molecule has 0 fully saturated rings. The number of rotatable bonds is 7. The van der Waals surface area contributed by atoms with Crippen molar-refractivity contribution in [2.45, 2.75) is 13.5 Å². The number of nitriles is 1. The van der Waals surface area contributed by atoms with Gasteiger partial charge in [0.1, 0.15) is 24.0 Å². The van der Waals surface area contributed by atoms with Crippen LogP contribution in [0.25, 0.3) is 6.08 Å². The lowest BCUT2D eigenvalue weighted by molar-refractivity contribution is -0.384. The van der Waals surface area contributed by atoms with Gasteiger partial charge < -0.3 is 10.1 Å². The normalized spacial score (nSPS) is 11.0. The fourth-order valence-electron chi connectivity index (χ4n) is 2.90. The summed E-state index contributed by atoms with van der Waals surface area (Å²) in [5, 5.41) is 23.6. The summed E-state index contributed by atoms with van der Waals surface area (Å²) in [4.78, 5) is 23.1. The molecular weight excluding hydrogens is 590 g/mol. The largest absolute Gasteiger partial charge is 0.487 e. The quantitative estimate of drug-likeness (QED) is 0.133. The van der Waals surface area contributed by atoms with Crippen molar-refractivity contribution in [3.05, 3.63) is 101 Å². The van der Waals surface area contributed by atoms with E-state index < -0.39 is 10.8 Å². The Balaban J connectivity index is 1.77. The van der Waals surface area contributed by atoms with Crippen LogP contribution in [0, 0.1) is 28.4 Å². The number of nitrogens with one attached hydrogen (secondary N) is 1. The Hall–Kier alpha value is -3.19. The third kappa shape index (κ3) is 6.44. The van der Waals surface area contributed by atoms with Gasteiger partial charge in [0, 0.05) is 22.8 Å². The van der Waals surface area contributed by atoms with Gasteiger partial charge in [-0.3, -0.25) is 14.9 Å². The number of anilines is 1. The summed E-state index contributed by atoms with van der Waals surface area (Å²) >= 11 is 13.0. The molecule has 0 heterocycles. The number of benzene rings is 3. The summed E-state index contributed by atoms with van der Waals surface area (Å²) in [6.45, 7) is 1.96. The molecular formula is C24H16Br2ClN3O4. The van der Waals surface area contributed by atoms with E-state index in [1.54, 1.807) is 42.5 Å². The molecule has 0 aliphatic rings. The lowest BCUT2D eigenvalue weighted by Crippen LogP contribution is -2.13. The van der Waals surface area contributed by atoms with Gasteiger partial charge in [0.05, 0.1) is 13.9 Å². The number of nitro groups is 1. The van der Waals surface area contributed by atoms with Crippen LogP contribution >= 0.6 is 43.5 Å². The molecule has 0 unspecified atom stereocenters. The highest BCUT2D eigenvalue weighted by molar-refractivity contribution is 9.11. The average Bonchev–Trinajstić information content (AvgIpc) is 2.79. The molecule has 0 aliphatic carbocycles. The highest BCUT2D eigenvalue weighted by Crippen LogP contribution is 2.36. The van der Waals surface area contributed by atoms with Crippen molar-refractivity contribution in [2.24, 2.45) is 0 Å². The molecule has 7 nitrogen and oxygen atoms in total. The predicted molar refractivity (Wildman–Crippen MR) is 138 cm³/mol. The Morgan fingerprint density at radius 3 is 2.53 bits per heavy atom.